The van der Waals surface area contributed by atoms with Gasteiger partial charge in [0.25, 0.3) is 10.0 Å². The molecule has 2 aromatic rings. The minimum absolute atomic E-state index is 0.0707. The van der Waals surface area contributed by atoms with Crippen LogP contribution in [-0.4, -0.2) is 26.9 Å². The monoisotopic (exact) mass is 412 g/mol. The van der Waals surface area contributed by atoms with Gasteiger partial charge in [0.2, 0.25) is 5.91 Å². The summed E-state index contributed by atoms with van der Waals surface area (Å²) in [7, 11) is -3.68. The predicted octanol–water partition coefficient (Wildman–Crippen LogP) is 4.37. The molecule has 0 unspecified atom stereocenters. The Morgan fingerprint density at radius 1 is 1.14 bits per heavy atom. The largest absolute Gasteiger partial charge is 0.309 e. The molecule has 154 valence electrons. The molecule has 2 aliphatic rings. The third kappa shape index (κ3) is 3.78. The summed E-state index contributed by atoms with van der Waals surface area (Å²) in [6.45, 7) is 4.53. The highest BCUT2D eigenvalue weighted by atomic mass is 32.2. The van der Waals surface area contributed by atoms with Gasteiger partial charge in [-0.2, -0.15) is 0 Å². The molecule has 1 aliphatic carbocycles. The van der Waals surface area contributed by atoms with E-state index in [1.165, 1.54) is 4.31 Å². The van der Waals surface area contributed by atoms with Gasteiger partial charge in [-0.3, -0.25) is 9.10 Å². The smallest absolute Gasteiger partial charge is 0.264 e. The van der Waals surface area contributed by atoms with Gasteiger partial charge in [-0.25, -0.2) is 8.42 Å². The van der Waals surface area contributed by atoms with Crippen LogP contribution in [0.4, 0.5) is 11.4 Å². The van der Waals surface area contributed by atoms with Crippen LogP contribution in [-0.2, 0) is 21.2 Å². The molecule has 0 spiro atoms. The van der Waals surface area contributed by atoms with E-state index in [1.54, 1.807) is 12.1 Å². The summed E-state index contributed by atoms with van der Waals surface area (Å²) in [6, 6.07) is 14.6. The Morgan fingerprint density at radius 2 is 1.86 bits per heavy atom. The van der Waals surface area contributed by atoms with Crippen LogP contribution in [0.25, 0.3) is 0 Å². The fourth-order valence-corrected chi connectivity index (χ4v) is 5.60. The van der Waals surface area contributed by atoms with Gasteiger partial charge in [-0.05, 0) is 68.5 Å². The Hall–Kier alpha value is -2.34. The number of anilines is 2. The highest BCUT2D eigenvalue weighted by molar-refractivity contribution is 7.92. The zero-order chi connectivity index (χ0) is 20.6. The van der Waals surface area contributed by atoms with Gasteiger partial charge < -0.3 is 4.90 Å². The number of rotatable bonds is 7. The maximum atomic E-state index is 13.5. The lowest BCUT2D eigenvalue weighted by atomic mass is 10.1. The quantitative estimate of drug-likeness (QED) is 0.678. The first kappa shape index (κ1) is 20.0. The first-order valence-corrected chi connectivity index (χ1v) is 11.9. The Morgan fingerprint density at radius 3 is 2.52 bits per heavy atom. The van der Waals surface area contributed by atoms with Crippen molar-refractivity contribution in [2.24, 2.45) is 5.92 Å². The number of hydrogen-bond acceptors (Lipinski definition) is 3. The normalized spacial score (nSPS) is 18.6. The minimum atomic E-state index is -3.68. The van der Waals surface area contributed by atoms with Gasteiger partial charge in [-0.15, -0.1) is 0 Å². The van der Waals surface area contributed by atoms with Crippen LogP contribution in [0.15, 0.2) is 53.4 Å². The van der Waals surface area contributed by atoms with Gasteiger partial charge in [0.1, 0.15) is 0 Å². The van der Waals surface area contributed by atoms with Crippen molar-refractivity contribution in [2.75, 3.05) is 15.7 Å². The number of unbranched alkanes of at least 4 members (excludes halogenated alkanes) is 1. The van der Waals surface area contributed by atoms with Gasteiger partial charge in [0.05, 0.1) is 10.6 Å². The van der Waals surface area contributed by atoms with Crippen molar-refractivity contribution in [2.45, 2.75) is 56.9 Å². The molecular weight excluding hydrogens is 384 g/mol. The number of carbonyl (C=O) groups excluding carboxylic acids is 1. The van der Waals surface area contributed by atoms with Crippen molar-refractivity contribution in [3.63, 3.8) is 0 Å². The van der Waals surface area contributed by atoms with Crippen LogP contribution in [0.3, 0.4) is 0 Å². The fourth-order valence-electron chi connectivity index (χ4n) is 4.04. The molecule has 2 aromatic carbocycles. The Kier molecular flexibility index (Phi) is 5.38. The fraction of sp³-hybridized carbons (Fsp3) is 0.435. The number of hydrogen-bond donors (Lipinski definition) is 0. The molecule has 4 rings (SSSR count). The van der Waals surface area contributed by atoms with E-state index in [9.17, 15) is 13.2 Å². The number of sulfonamides is 1. The topological polar surface area (TPSA) is 57.7 Å². The second-order valence-corrected chi connectivity index (χ2v) is 9.95. The lowest BCUT2D eigenvalue weighted by Gasteiger charge is -2.25. The lowest BCUT2D eigenvalue weighted by Crippen LogP contribution is -2.36. The maximum Gasteiger partial charge on any atom is 0.264 e. The van der Waals surface area contributed by atoms with Crippen LogP contribution in [0.1, 0.15) is 45.1 Å². The van der Waals surface area contributed by atoms with Gasteiger partial charge in [0.15, 0.2) is 0 Å². The third-order valence-electron chi connectivity index (χ3n) is 5.78. The van der Waals surface area contributed by atoms with E-state index in [4.69, 9.17) is 0 Å². The van der Waals surface area contributed by atoms with Crippen molar-refractivity contribution in [1.82, 2.24) is 0 Å². The molecular formula is C23H28N2O3S. The van der Waals surface area contributed by atoms with Crippen molar-refractivity contribution < 1.29 is 13.2 Å². The predicted molar refractivity (Wildman–Crippen MR) is 116 cm³/mol. The standard InChI is InChI=1S/C23H28N2O3S/c1-3-4-14-24(20-8-6-5-7-9-20)29(27,28)21-12-13-22-19(16-21)15-17(2)25(22)23(26)18-10-11-18/h5-9,12-13,16-18H,3-4,10-11,14-15H2,1-2H3/t17-/m0/s1. The summed E-state index contributed by atoms with van der Waals surface area (Å²) >= 11 is 0. The Balaban J connectivity index is 1.68. The summed E-state index contributed by atoms with van der Waals surface area (Å²) in [5.41, 5.74) is 2.49. The molecule has 0 aromatic heterocycles. The molecule has 1 saturated carbocycles. The number of benzene rings is 2. The first-order valence-electron chi connectivity index (χ1n) is 10.5. The summed E-state index contributed by atoms with van der Waals surface area (Å²) in [6.07, 6.45) is 4.33. The Labute approximate surface area is 173 Å². The molecule has 6 heteroatoms. The molecule has 29 heavy (non-hydrogen) atoms. The van der Waals surface area contributed by atoms with Crippen LogP contribution >= 0.6 is 0 Å². The lowest BCUT2D eigenvalue weighted by molar-refractivity contribution is -0.120. The number of carbonyl (C=O) groups is 1. The second-order valence-electron chi connectivity index (χ2n) is 8.09. The molecule has 1 amide bonds. The van der Waals surface area contributed by atoms with Gasteiger partial charge >= 0.3 is 0 Å². The van der Waals surface area contributed by atoms with Crippen molar-refractivity contribution >= 4 is 27.3 Å². The molecule has 5 nitrogen and oxygen atoms in total. The van der Waals surface area contributed by atoms with Crippen LogP contribution < -0.4 is 9.21 Å². The zero-order valence-electron chi connectivity index (χ0n) is 17.0. The highest BCUT2D eigenvalue weighted by Crippen LogP contribution is 2.40. The summed E-state index contributed by atoms with van der Waals surface area (Å²) in [5, 5.41) is 0. The molecule has 0 radical (unpaired) electrons. The van der Waals surface area contributed by atoms with Crippen LogP contribution in [0, 0.1) is 5.92 Å². The number of amides is 1. The second kappa shape index (κ2) is 7.82. The highest BCUT2D eigenvalue weighted by Gasteiger charge is 2.40. The van der Waals surface area contributed by atoms with E-state index >= 15 is 0 Å². The first-order chi connectivity index (χ1) is 13.9. The van der Waals surface area contributed by atoms with Crippen molar-refractivity contribution in [1.29, 1.82) is 0 Å². The summed E-state index contributed by atoms with van der Waals surface area (Å²) in [4.78, 5) is 14.8. The molecule has 0 saturated heterocycles. The number of nitrogens with zero attached hydrogens (tertiary/aromatic N) is 2. The van der Waals surface area contributed by atoms with E-state index in [2.05, 4.69) is 6.92 Å². The van der Waals surface area contributed by atoms with E-state index in [0.717, 1.165) is 36.9 Å². The average molecular weight is 413 g/mol. The maximum absolute atomic E-state index is 13.5. The molecule has 0 bridgehead atoms. The van der Waals surface area contributed by atoms with Gasteiger partial charge in [-0.1, -0.05) is 31.5 Å². The third-order valence-corrected chi connectivity index (χ3v) is 7.60. The average Bonchev–Trinajstić information content (AvgIpc) is 3.50. The van der Waals surface area contributed by atoms with Crippen LogP contribution in [0.5, 0.6) is 0 Å². The van der Waals surface area contributed by atoms with E-state index in [1.807, 2.05) is 48.2 Å². The van der Waals surface area contributed by atoms with Crippen LogP contribution in [0.2, 0.25) is 0 Å². The molecule has 1 fully saturated rings. The molecule has 1 atom stereocenters. The molecule has 1 aliphatic heterocycles. The minimum Gasteiger partial charge on any atom is -0.309 e. The number of para-hydroxylation sites is 1. The van der Waals surface area contributed by atoms with E-state index in [-0.39, 0.29) is 17.9 Å². The van der Waals surface area contributed by atoms with Crippen molar-refractivity contribution in [3.8, 4) is 0 Å². The van der Waals surface area contributed by atoms with Gasteiger partial charge in [0, 0.05) is 24.2 Å². The summed E-state index contributed by atoms with van der Waals surface area (Å²) in [5.74, 6) is 0.329. The number of fused-ring (bicyclic) bond motifs is 1. The molecule has 0 N–H and O–H groups in total. The van der Waals surface area contributed by atoms with E-state index in [0.29, 0.717) is 23.5 Å². The summed E-state index contributed by atoms with van der Waals surface area (Å²) < 4.78 is 28.5. The van der Waals surface area contributed by atoms with Crippen molar-refractivity contribution in [3.05, 3.63) is 54.1 Å². The Bertz CT molecular complexity index is 1000. The molecule has 1 heterocycles. The zero-order valence-corrected chi connectivity index (χ0v) is 17.9. The SMILES string of the molecule is CCCCN(c1ccccc1)S(=O)(=O)c1ccc2c(c1)C[C@H](C)N2C(=O)C1CC1. The van der Waals surface area contributed by atoms with E-state index < -0.39 is 10.0 Å².